The number of amides is 1. The summed E-state index contributed by atoms with van der Waals surface area (Å²) in [5.74, 6) is -0.612. The molecule has 0 aliphatic heterocycles. The predicted octanol–water partition coefficient (Wildman–Crippen LogP) is 3.92. The summed E-state index contributed by atoms with van der Waals surface area (Å²) < 4.78 is 10.1. The molecule has 27 heavy (non-hydrogen) atoms. The van der Waals surface area contributed by atoms with E-state index in [4.69, 9.17) is 9.26 Å². The van der Waals surface area contributed by atoms with Crippen LogP contribution in [0.2, 0.25) is 0 Å². The first kappa shape index (κ1) is 18.7. The molecule has 0 saturated carbocycles. The van der Waals surface area contributed by atoms with Crippen LogP contribution in [0.25, 0.3) is 11.3 Å². The number of nitrogens with one attached hydrogen (secondary N) is 1. The molecule has 0 saturated heterocycles. The summed E-state index contributed by atoms with van der Waals surface area (Å²) in [6.45, 7) is 1.62. The molecule has 0 aliphatic rings. The average molecular weight is 382 g/mol. The highest BCUT2D eigenvalue weighted by atomic mass is 32.2. The second kappa shape index (κ2) is 9.05. The molecule has 138 valence electrons. The lowest BCUT2D eigenvalue weighted by Crippen LogP contribution is -2.21. The molecule has 2 aromatic carbocycles. The lowest BCUT2D eigenvalue weighted by atomic mass is 10.1. The van der Waals surface area contributed by atoms with Gasteiger partial charge in [0.25, 0.3) is 5.91 Å². The number of aromatic nitrogens is 1. The lowest BCUT2D eigenvalue weighted by molar-refractivity contribution is -0.144. The third-order valence-electron chi connectivity index (χ3n) is 3.58. The zero-order chi connectivity index (χ0) is 19.1. The van der Waals surface area contributed by atoms with Crippen molar-refractivity contribution in [3.05, 3.63) is 66.2 Å². The first-order valence-corrected chi connectivity index (χ1v) is 9.26. The summed E-state index contributed by atoms with van der Waals surface area (Å²) in [6.07, 6.45) is 0. The van der Waals surface area contributed by atoms with Crippen molar-refractivity contribution >= 4 is 29.5 Å². The second-order valence-electron chi connectivity index (χ2n) is 5.75. The van der Waals surface area contributed by atoms with Gasteiger partial charge in [-0.15, -0.1) is 11.8 Å². The maximum absolute atomic E-state index is 11.9. The molecule has 1 aromatic heterocycles. The number of thioether (sulfide) groups is 1. The van der Waals surface area contributed by atoms with Crippen molar-refractivity contribution in [3.8, 4) is 11.3 Å². The van der Waals surface area contributed by atoms with Gasteiger partial charge in [-0.2, -0.15) is 0 Å². The number of hydrogen-bond acceptors (Lipinski definition) is 6. The lowest BCUT2D eigenvalue weighted by Gasteiger charge is -2.04. The van der Waals surface area contributed by atoms with Gasteiger partial charge in [0.15, 0.2) is 6.61 Å². The molecule has 0 spiro atoms. The molecule has 1 heterocycles. The summed E-state index contributed by atoms with van der Waals surface area (Å²) >= 11 is 1.35. The third kappa shape index (κ3) is 5.72. The second-order valence-corrected chi connectivity index (χ2v) is 6.80. The van der Waals surface area contributed by atoms with E-state index in [2.05, 4.69) is 10.5 Å². The molecule has 0 bridgehead atoms. The molecular weight excluding hydrogens is 364 g/mol. The Bertz CT molecular complexity index is 907. The number of aryl methyl sites for hydroxylation is 1. The van der Waals surface area contributed by atoms with E-state index in [1.54, 1.807) is 6.07 Å². The fourth-order valence-electron chi connectivity index (χ4n) is 2.21. The Morgan fingerprint density at radius 3 is 2.59 bits per heavy atom. The van der Waals surface area contributed by atoms with Crippen LogP contribution in [0.4, 0.5) is 5.88 Å². The third-order valence-corrected chi connectivity index (χ3v) is 4.57. The van der Waals surface area contributed by atoms with E-state index in [0.717, 1.165) is 16.0 Å². The minimum Gasteiger partial charge on any atom is -0.455 e. The van der Waals surface area contributed by atoms with Crippen LogP contribution in [0, 0.1) is 6.92 Å². The van der Waals surface area contributed by atoms with Gasteiger partial charge in [0.2, 0.25) is 5.88 Å². The Kier molecular flexibility index (Phi) is 6.27. The van der Waals surface area contributed by atoms with Crippen molar-refractivity contribution in [1.29, 1.82) is 0 Å². The van der Waals surface area contributed by atoms with Gasteiger partial charge >= 0.3 is 5.97 Å². The van der Waals surface area contributed by atoms with Gasteiger partial charge in [0, 0.05) is 16.5 Å². The van der Waals surface area contributed by atoms with Crippen LogP contribution in [0.5, 0.6) is 0 Å². The maximum atomic E-state index is 11.9. The normalized spacial score (nSPS) is 10.4. The first-order chi connectivity index (χ1) is 13.1. The van der Waals surface area contributed by atoms with E-state index in [1.165, 1.54) is 11.8 Å². The van der Waals surface area contributed by atoms with Crippen molar-refractivity contribution in [2.45, 2.75) is 11.8 Å². The quantitative estimate of drug-likeness (QED) is 0.493. The van der Waals surface area contributed by atoms with Crippen LogP contribution in [0.3, 0.4) is 0 Å². The number of benzene rings is 2. The maximum Gasteiger partial charge on any atom is 0.316 e. The molecule has 0 radical (unpaired) electrons. The summed E-state index contributed by atoms with van der Waals surface area (Å²) in [5.41, 5.74) is 2.64. The summed E-state index contributed by atoms with van der Waals surface area (Å²) in [4.78, 5) is 24.6. The minimum absolute atomic E-state index is 0.136. The highest BCUT2D eigenvalue weighted by Crippen LogP contribution is 2.22. The number of esters is 1. The smallest absolute Gasteiger partial charge is 0.316 e. The van der Waals surface area contributed by atoms with E-state index in [0.29, 0.717) is 5.69 Å². The Balaban J connectivity index is 1.44. The first-order valence-electron chi connectivity index (χ1n) is 8.27. The van der Waals surface area contributed by atoms with Crippen LogP contribution in [0.15, 0.2) is 70.1 Å². The van der Waals surface area contributed by atoms with Crippen LogP contribution < -0.4 is 5.32 Å². The van der Waals surface area contributed by atoms with Gasteiger partial charge in [0.05, 0.1) is 5.75 Å². The zero-order valence-corrected chi connectivity index (χ0v) is 15.5. The molecule has 3 rings (SSSR count). The van der Waals surface area contributed by atoms with Crippen LogP contribution >= 0.6 is 11.8 Å². The molecule has 0 aliphatic carbocycles. The molecule has 1 amide bonds. The number of ether oxygens (including phenoxy) is 1. The van der Waals surface area contributed by atoms with Gasteiger partial charge in [-0.05, 0) is 19.1 Å². The molecule has 0 fully saturated rings. The number of hydrogen-bond donors (Lipinski definition) is 1. The van der Waals surface area contributed by atoms with Gasteiger partial charge in [-0.3, -0.25) is 14.9 Å². The standard InChI is InChI=1S/C20H18N2O4S/c1-14-7-9-15(10-8-14)17-11-19(26-22-17)21-18(23)12-25-20(24)13-27-16-5-3-2-4-6-16/h2-11H,12-13H2,1H3,(H,21,23). The fourth-order valence-corrected chi connectivity index (χ4v) is 2.93. The Morgan fingerprint density at radius 1 is 1.11 bits per heavy atom. The fraction of sp³-hybridized carbons (Fsp3) is 0.150. The molecule has 7 heteroatoms. The molecular formula is C20H18N2O4S. The van der Waals surface area contributed by atoms with Gasteiger partial charge < -0.3 is 9.26 Å². The molecule has 6 nitrogen and oxygen atoms in total. The van der Waals surface area contributed by atoms with Gasteiger partial charge in [0.1, 0.15) is 5.69 Å². The molecule has 3 aromatic rings. The average Bonchev–Trinajstić information content (AvgIpc) is 3.14. The summed E-state index contributed by atoms with van der Waals surface area (Å²) in [7, 11) is 0. The SMILES string of the molecule is Cc1ccc(-c2cc(NC(=O)COC(=O)CSc3ccccc3)on2)cc1. The minimum atomic E-state index is -0.486. The van der Waals surface area contributed by atoms with Gasteiger partial charge in [-0.1, -0.05) is 53.2 Å². The zero-order valence-electron chi connectivity index (χ0n) is 14.7. The molecule has 0 atom stereocenters. The summed E-state index contributed by atoms with van der Waals surface area (Å²) in [5, 5.41) is 6.45. The van der Waals surface area contributed by atoms with Crippen molar-refractivity contribution in [2.24, 2.45) is 0 Å². The number of rotatable bonds is 7. The number of anilines is 1. The van der Waals surface area contributed by atoms with Crippen LogP contribution in [0.1, 0.15) is 5.56 Å². The van der Waals surface area contributed by atoms with Crippen LogP contribution in [-0.2, 0) is 14.3 Å². The Morgan fingerprint density at radius 2 is 1.85 bits per heavy atom. The topological polar surface area (TPSA) is 81.4 Å². The summed E-state index contributed by atoms with van der Waals surface area (Å²) in [6, 6.07) is 18.9. The Hall–Kier alpha value is -3.06. The van der Waals surface area contributed by atoms with E-state index in [1.807, 2.05) is 61.5 Å². The Labute approximate surface area is 160 Å². The molecule has 1 N–H and O–H groups in total. The van der Waals surface area contributed by atoms with Crippen molar-refractivity contribution in [3.63, 3.8) is 0 Å². The molecule has 0 unspecified atom stereocenters. The van der Waals surface area contributed by atoms with E-state index in [9.17, 15) is 9.59 Å². The van der Waals surface area contributed by atoms with Crippen molar-refractivity contribution in [1.82, 2.24) is 5.16 Å². The van der Waals surface area contributed by atoms with E-state index < -0.39 is 11.9 Å². The predicted molar refractivity (Wildman–Crippen MR) is 103 cm³/mol. The monoisotopic (exact) mass is 382 g/mol. The highest BCUT2D eigenvalue weighted by Gasteiger charge is 2.12. The van der Waals surface area contributed by atoms with Crippen LogP contribution in [-0.4, -0.2) is 29.4 Å². The highest BCUT2D eigenvalue weighted by molar-refractivity contribution is 8.00. The number of nitrogens with zero attached hydrogens (tertiary/aromatic N) is 1. The van der Waals surface area contributed by atoms with Gasteiger partial charge in [-0.25, -0.2) is 0 Å². The van der Waals surface area contributed by atoms with Crippen molar-refractivity contribution in [2.75, 3.05) is 17.7 Å². The van der Waals surface area contributed by atoms with E-state index >= 15 is 0 Å². The number of carbonyl (C=O) groups excluding carboxylic acids is 2. The van der Waals surface area contributed by atoms with E-state index in [-0.39, 0.29) is 18.2 Å². The largest absolute Gasteiger partial charge is 0.455 e. The number of carbonyl (C=O) groups is 2. The van der Waals surface area contributed by atoms with Crippen molar-refractivity contribution < 1.29 is 18.8 Å².